The van der Waals surface area contributed by atoms with Gasteiger partial charge in [-0.15, -0.1) is 0 Å². The van der Waals surface area contributed by atoms with Gasteiger partial charge in [-0.05, 0) is 62.6 Å². The highest BCUT2D eigenvalue weighted by Gasteiger charge is 2.30. The maximum atomic E-state index is 6.40. The number of benzene rings is 1. The Morgan fingerprint density at radius 1 is 1.26 bits per heavy atom. The second-order valence-corrected chi connectivity index (χ2v) is 5.87. The third kappa shape index (κ3) is 3.18. The Kier molecular flexibility index (Phi) is 4.64. The molecule has 0 spiro atoms. The van der Waals surface area contributed by atoms with Gasteiger partial charge in [0, 0.05) is 12.6 Å². The maximum Gasteiger partial charge on any atom is 0.0805 e. The minimum atomic E-state index is -0.215. The van der Waals surface area contributed by atoms with E-state index in [0.717, 1.165) is 19.4 Å². The molecule has 0 bridgehead atoms. The van der Waals surface area contributed by atoms with Crippen LogP contribution in [0.15, 0.2) is 18.2 Å². The van der Waals surface area contributed by atoms with E-state index >= 15 is 0 Å². The minimum absolute atomic E-state index is 0.0527. The molecular formula is C17H27NO. The van der Waals surface area contributed by atoms with E-state index in [9.17, 15) is 0 Å². The van der Waals surface area contributed by atoms with Gasteiger partial charge in [0.1, 0.15) is 0 Å². The highest BCUT2D eigenvalue weighted by atomic mass is 16.5. The molecule has 106 valence electrons. The molecule has 1 aliphatic rings. The predicted octanol–water partition coefficient (Wildman–Crippen LogP) is 3.25. The van der Waals surface area contributed by atoms with Crippen molar-refractivity contribution in [1.82, 2.24) is 0 Å². The van der Waals surface area contributed by atoms with Crippen molar-refractivity contribution in [2.24, 2.45) is 5.73 Å². The quantitative estimate of drug-likeness (QED) is 0.853. The van der Waals surface area contributed by atoms with E-state index in [1.54, 1.807) is 0 Å². The van der Waals surface area contributed by atoms with E-state index in [1.807, 2.05) is 6.92 Å². The number of fused-ring (bicyclic) bond motifs is 1. The fourth-order valence-electron chi connectivity index (χ4n) is 3.02. The summed E-state index contributed by atoms with van der Waals surface area (Å²) in [6, 6.07) is 6.93. The van der Waals surface area contributed by atoms with Crippen LogP contribution in [0.2, 0.25) is 0 Å². The topological polar surface area (TPSA) is 35.2 Å². The zero-order chi connectivity index (χ0) is 13.9. The Morgan fingerprint density at radius 2 is 2.00 bits per heavy atom. The van der Waals surface area contributed by atoms with Crippen LogP contribution in [0.25, 0.3) is 0 Å². The molecule has 2 nitrogen and oxygen atoms in total. The Balaban J connectivity index is 2.07. The lowest BCUT2D eigenvalue weighted by Gasteiger charge is -2.34. The van der Waals surface area contributed by atoms with Gasteiger partial charge in [0.15, 0.2) is 0 Å². The van der Waals surface area contributed by atoms with Crippen molar-refractivity contribution < 1.29 is 4.74 Å². The summed E-state index contributed by atoms with van der Waals surface area (Å²) in [4.78, 5) is 0. The first-order chi connectivity index (χ1) is 9.09. The third-order valence-corrected chi connectivity index (χ3v) is 4.58. The van der Waals surface area contributed by atoms with Gasteiger partial charge in [0.2, 0.25) is 0 Å². The maximum absolute atomic E-state index is 6.40. The van der Waals surface area contributed by atoms with Gasteiger partial charge in [-0.3, -0.25) is 0 Å². The third-order valence-electron chi connectivity index (χ3n) is 4.58. The van der Waals surface area contributed by atoms with E-state index in [-0.39, 0.29) is 11.6 Å². The van der Waals surface area contributed by atoms with Crippen molar-refractivity contribution in [1.29, 1.82) is 0 Å². The fraction of sp³-hybridized carbons (Fsp3) is 0.647. The van der Waals surface area contributed by atoms with Crippen molar-refractivity contribution in [3.05, 3.63) is 34.9 Å². The SMILES string of the molecule is CCOC(C)(CC)C(N)Cc1ccc2c(c1)CCC2. The standard InChI is InChI=1S/C17H27NO/c1-4-17(3,19-5-2)16(18)12-13-9-10-14-7-6-8-15(14)11-13/h9-11,16H,4-8,12,18H2,1-3H3. The summed E-state index contributed by atoms with van der Waals surface area (Å²) in [6.45, 7) is 7.05. The molecule has 0 saturated carbocycles. The molecule has 2 rings (SSSR count). The Labute approximate surface area is 117 Å². The average molecular weight is 261 g/mol. The van der Waals surface area contributed by atoms with Crippen LogP contribution >= 0.6 is 0 Å². The van der Waals surface area contributed by atoms with Gasteiger partial charge in [0.05, 0.1) is 5.60 Å². The monoisotopic (exact) mass is 261 g/mol. The molecule has 2 atom stereocenters. The van der Waals surface area contributed by atoms with Crippen molar-refractivity contribution in [2.45, 2.75) is 64.5 Å². The van der Waals surface area contributed by atoms with Gasteiger partial charge < -0.3 is 10.5 Å². The number of nitrogens with two attached hydrogens (primary N) is 1. The van der Waals surface area contributed by atoms with E-state index < -0.39 is 0 Å². The zero-order valence-corrected chi connectivity index (χ0v) is 12.5. The van der Waals surface area contributed by atoms with Crippen LogP contribution in [-0.2, 0) is 24.0 Å². The molecule has 0 aliphatic heterocycles. The molecule has 0 heterocycles. The van der Waals surface area contributed by atoms with E-state index in [0.29, 0.717) is 0 Å². The van der Waals surface area contributed by atoms with Crippen molar-refractivity contribution >= 4 is 0 Å². The van der Waals surface area contributed by atoms with Gasteiger partial charge in [0.25, 0.3) is 0 Å². The Bertz CT molecular complexity index is 429. The molecule has 19 heavy (non-hydrogen) atoms. The number of ether oxygens (including phenoxy) is 1. The van der Waals surface area contributed by atoms with E-state index in [4.69, 9.17) is 10.5 Å². The van der Waals surface area contributed by atoms with Crippen LogP contribution in [-0.4, -0.2) is 18.2 Å². The lowest BCUT2D eigenvalue weighted by molar-refractivity contribution is -0.0461. The van der Waals surface area contributed by atoms with E-state index in [1.165, 1.54) is 36.0 Å². The van der Waals surface area contributed by atoms with Crippen molar-refractivity contribution in [3.8, 4) is 0 Å². The fourth-order valence-corrected chi connectivity index (χ4v) is 3.02. The van der Waals surface area contributed by atoms with Gasteiger partial charge >= 0.3 is 0 Å². The van der Waals surface area contributed by atoms with Gasteiger partial charge in [-0.25, -0.2) is 0 Å². The minimum Gasteiger partial charge on any atom is -0.374 e. The summed E-state index contributed by atoms with van der Waals surface area (Å²) in [5, 5.41) is 0. The number of hydrogen-bond acceptors (Lipinski definition) is 2. The summed E-state index contributed by atoms with van der Waals surface area (Å²) < 4.78 is 5.88. The van der Waals surface area contributed by atoms with Gasteiger partial charge in [-0.2, -0.15) is 0 Å². The average Bonchev–Trinajstić information content (AvgIpc) is 2.86. The molecule has 2 heteroatoms. The smallest absolute Gasteiger partial charge is 0.0805 e. The first-order valence-corrected chi connectivity index (χ1v) is 7.59. The Hall–Kier alpha value is -0.860. The summed E-state index contributed by atoms with van der Waals surface area (Å²) in [5.41, 5.74) is 10.6. The molecular weight excluding hydrogens is 234 g/mol. The van der Waals surface area contributed by atoms with Crippen LogP contribution in [0.4, 0.5) is 0 Å². The normalized spacial score (nSPS) is 18.9. The summed E-state index contributed by atoms with van der Waals surface area (Å²) in [7, 11) is 0. The highest BCUT2D eigenvalue weighted by Crippen LogP contribution is 2.26. The van der Waals surface area contributed by atoms with Gasteiger partial charge in [-0.1, -0.05) is 25.1 Å². The van der Waals surface area contributed by atoms with Crippen LogP contribution in [0.5, 0.6) is 0 Å². The molecule has 0 radical (unpaired) electrons. The predicted molar refractivity (Wildman–Crippen MR) is 80.5 cm³/mol. The number of rotatable bonds is 6. The molecule has 0 amide bonds. The van der Waals surface area contributed by atoms with E-state index in [2.05, 4.69) is 32.0 Å². The van der Waals surface area contributed by atoms with Crippen LogP contribution in [0.3, 0.4) is 0 Å². The molecule has 2 N–H and O–H groups in total. The largest absolute Gasteiger partial charge is 0.374 e. The first-order valence-electron chi connectivity index (χ1n) is 7.59. The summed E-state index contributed by atoms with van der Waals surface area (Å²) in [5.74, 6) is 0. The molecule has 0 aromatic heterocycles. The molecule has 1 aliphatic carbocycles. The van der Waals surface area contributed by atoms with Crippen LogP contribution in [0.1, 0.15) is 50.3 Å². The highest BCUT2D eigenvalue weighted by molar-refractivity contribution is 5.35. The molecule has 2 unspecified atom stereocenters. The summed E-state index contributed by atoms with van der Waals surface area (Å²) >= 11 is 0. The summed E-state index contributed by atoms with van der Waals surface area (Å²) in [6.07, 6.45) is 5.63. The molecule has 1 aromatic carbocycles. The Morgan fingerprint density at radius 3 is 2.68 bits per heavy atom. The number of aryl methyl sites for hydroxylation is 2. The second kappa shape index (κ2) is 6.06. The lowest BCUT2D eigenvalue weighted by Crippen LogP contribution is -2.48. The van der Waals surface area contributed by atoms with Crippen LogP contribution < -0.4 is 5.73 Å². The lowest BCUT2D eigenvalue weighted by atomic mass is 9.88. The van der Waals surface area contributed by atoms with Crippen LogP contribution in [0, 0.1) is 0 Å². The first kappa shape index (κ1) is 14.5. The molecule has 1 aromatic rings. The van der Waals surface area contributed by atoms with Crippen molar-refractivity contribution in [3.63, 3.8) is 0 Å². The molecule has 0 fully saturated rings. The zero-order valence-electron chi connectivity index (χ0n) is 12.5. The van der Waals surface area contributed by atoms with Crippen molar-refractivity contribution in [2.75, 3.05) is 6.61 Å². The molecule has 0 saturated heterocycles. The second-order valence-electron chi connectivity index (χ2n) is 5.87. The number of hydrogen-bond donors (Lipinski definition) is 1.